The molecule has 15 heteroatoms. The van der Waals surface area contributed by atoms with Crippen molar-refractivity contribution in [3.05, 3.63) is 34.9 Å². The van der Waals surface area contributed by atoms with E-state index < -0.39 is 74.3 Å². The van der Waals surface area contributed by atoms with Gasteiger partial charge in [-0.1, -0.05) is 51.8 Å². The fourth-order valence-corrected chi connectivity index (χ4v) is 9.44. The zero-order valence-electron chi connectivity index (χ0n) is 33.1. The molecule has 5 atom stereocenters. The van der Waals surface area contributed by atoms with E-state index in [9.17, 15) is 32.4 Å². The van der Waals surface area contributed by atoms with Crippen molar-refractivity contribution in [3.63, 3.8) is 0 Å². The normalized spacial score (nSPS) is 28.9. The lowest BCUT2D eigenvalue weighted by Crippen LogP contribution is -2.57. The van der Waals surface area contributed by atoms with E-state index in [4.69, 9.17) is 14.2 Å². The predicted molar refractivity (Wildman–Crippen MR) is 202 cm³/mol. The molecule has 3 heterocycles. The van der Waals surface area contributed by atoms with Crippen molar-refractivity contribution in [3.8, 4) is 0 Å². The number of hydrogen-bond acceptors (Lipinski definition) is 10. The van der Waals surface area contributed by atoms with Crippen molar-refractivity contribution < 1.29 is 46.6 Å². The second-order valence-corrected chi connectivity index (χ2v) is 19.9. The molecule has 1 saturated heterocycles. The number of carbonyl (C=O) groups is 5. The summed E-state index contributed by atoms with van der Waals surface area (Å²) in [4.78, 5) is 72.4. The molecule has 55 heavy (non-hydrogen) atoms. The second kappa shape index (κ2) is 15.7. The van der Waals surface area contributed by atoms with Crippen LogP contribution in [0.5, 0.6) is 0 Å². The Hall–Kier alpha value is -3.72. The van der Waals surface area contributed by atoms with Gasteiger partial charge in [0.2, 0.25) is 21.8 Å². The van der Waals surface area contributed by atoms with Crippen LogP contribution in [0, 0.1) is 17.3 Å². The maximum Gasteiger partial charge on any atom is 0.410 e. The monoisotopic (exact) mass is 786 g/mol. The van der Waals surface area contributed by atoms with E-state index in [0.717, 1.165) is 36.8 Å². The molecule has 0 unspecified atom stereocenters. The third-order valence-corrected chi connectivity index (χ3v) is 13.5. The minimum absolute atomic E-state index is 0.0598. The zero-order valence-corrected chi connectivity index (χ0v) is 33.9. The summed E-state index contributed by atoms with van der Waals surface area (Å²) in [6.07, 6.45) is 3.39. The van der Waals surface area contributed by atoms with Crippen LogP contribution in [-0.4, -0.2) is 96.3 Å². The van der Waals surface area contributed by atoms with Gasteiger partial charge in [-0.2, -0.15) is 0 Å². The third-order valence-electron chi connectivity index (χ3n) is 11.7. The van der Waals surface area contributed by atoms with Gasteiger partial charge in [0.15, 0.2) is 0 Å². The van der Waals surface area contributed by atoms with E-state index in [-0.39, 0.29) is 50.4 Å². The Morgan fingerprint density at radius 2 is 1.78 bits per heavy atom. The largest absolute Gasteiger partial charge is 0.465 e. The number of aryl methyl sites for hydroxylation is 1. The summed E-state index contributed by atoms with van der Waals surface area (Å²) in [5.74, 6) is -3.92. The Balaban J connectivity index is 1.28. The smallest absolute Gasteiger partial charge is 0.410 e. The molecule has 14 nitrogen and oxygen atoms in total. The quantitative estimate of drug-likeness (QED) is 0.365. The molecule has 3 fully saturated rings. The highest BCUT2D eigenvalue weighted by molar-refractivity contribution is 7.91. The van der Waals surface area contributed by atoms with E-state index in [1.165, 1.54) is 10.5 Å². The van der Waals surface area contributed by atoms with Crippen LogP contribution in [0.4, 0.5) is 4.79 Å². The van der Waals surface area contributed by atoms with E-state index in [1.807, 2.05) is 53.7 Å². The molecule has 3 aliphatic heterocycles. The lowest BCUT2D eigenvalue weighted by molar-refractivity contribution is -0.155. The van der Waals surface area contributed by atoms with Gasteiger partial charge in [-0.25, -0.2) is 13.2 Å². The first-order chi connectivity index (χ1) is 25.8. The fraction of sp³-hybridized carbons (Fsp3) is 0.725. The Morgan fingerprint density at radius 1 is 1.05 bits per heavy atom. The van der Waals surface area contributed by atoms with Crippen LogP contribution in [0.3, 0.4) is 0 Å². The molecule has 2 saturated carbocycles. The lowest BCUT2D eigenvalue weighted by Gasteiger charge is -2.31. The van der Waals surface area contributed by atoms with Crippen molar-refractivity contribution in [1.82, 2.24) is 19.8 Å². The van der Waals surface area contributed by atoms with Crippen molar-refractivity contribution in [2.24, 2.45) is 17.3 Å². The molecule has 5 aliphatic rings. The minimum atomic E-state index is -3.88. The number of fused-ring (bicyclic) bond motifs is 3. The summed E-state index contributed by atoms with van der Waals surface area (Å²) >= 11 is 0. The summed E-state index contributed by atoms with van der Waals surface area (Å²) < 4.78 is 45.5. The van der Waals surface area contributed by atoms with Gasteiger partial charge in [-0.3, -0.25) is 28.8 Å². The number of cyclic esters (lactones) is 1. The Labute approximate surface area is 324 Å². The number of benzene rings is 1. The summed E-state index contributed by atoms with van der Waals surface area (Å²) in [7, 11) is -3.88. The average Bonchev–Trinajstić information content (AvgIpc) is 4.00. The van der Waals surface area contributed by atoms with Gasteiger partial charge in [-0.05, 0) is 87.3 Å². The number of nitrogens with one attached hydrogen (secondary N) is 2. The van der Waals surface area contributed by atoms with Crippen molar-refractivity contribution in [2.75, 3.05) is 19.8 Å². The van der Waals surface area contributed by atoms with E-state index in [0.29, 0.717) is 32.4 Å². The zero-order chi connectivity index (χ0) is 39.9. The minimum Gasteiger partial charge on any atom is -0.465 e. The highest BCUT2D eigenvalue weighted by Gasteiger charge is 2.62. The van der Waals surface area contributed by atoms with Crippen molar-refractivity contribution in [1.29, 1.82) is 0 Å². The van der Waals surface area contributed by atoms with Crippen LogP contribution in [-0.2, 0) is 62.9 Å². The summed E-state index contributed by atoms with van der Waals surface area (Å²) in [5, 5.41) is 2.20. The molecule has 4 amide bonds. The number of sulfonamides is 1. The van der Waals surface area contributed by atoms with Gasteiger partial charge < -0.3 is 24.4 Å². The first-order valence-corrected chi connectivity index (χ1v) is 21.4. The topological polar surface area (TPSA) is 178 Å². The molecule has 1 aromatic carbocycles. The van der Waals surface area contributed by atoms with E-state index >= 15 is 0 Å². The van der Waals surface area contributed by atoms with E-state index in [1.54, 1.807) is 4.90 Å². The fourth-order valence-electron chi connectivity index (χ4n) is 8.07. The van der Waals surface area contributed by atoms with Crippen LogP contribution < -0.4 is 10.0 Å². The molecule has 0 radical (unpaired) electrons. The van der Waals surface area contributed by atoms with Gasteiger partial charge in [0.25, 0.3) is 5.91 Å². The number of carbonyl (C=O) groups excluding carboxylic acids is 5. The molecule has 4 bridgehead atoms. The van der Waals surface area contributed by atoms with Crippen molar-refractivity contribution >= 4 is 39.8 Å². The number of amides is 4. The molecule has 304 valence electrons. The lowest BCUT2D eigenvalue weighted by atomic mass is 9.87. The molecule has 1 aromatic rings. The number of esters is 1. The highest BCUT2D eigenvalue weighted by atomic mass is 32.2. The molecule has 0 spiro atoms. The predicted octanol–water partition coefficient (Wildman–Crippen LogP) is 4.12. The van der Waals surface area contributed by atoms with Crippen LogP contribution in [0.2, 0.25) is 0 Å². The Morgan fingerprint density at radius 3 is 2.45 bits per heavy atom. The summed E-state index contributed by atoms with van der Waals surface area (Å²) in [6.45, 7) is 12.1. The van der Waals surface area contributed by atoms with Gasteiger partial charge in [-0.15, -0.1) is 0 Å². The van der Waals surface area contributed by atoms with Crippen LogP contribution in [0.25, 0.3) is 0 Å². The first kappa shape index (κ1) is 40.9. The SMILES string of the molecule is CC[C@@H]1C[C@]1(NC(=O)[C@@H]1C[C@@H]2CN1C(=O)[C@H](COC(C)(C)C)CC(=O)OCC(C)(C)CCCCc1cccc3c1CN(C3)C(=O)O2)C(=O)NS(=O)(=O)C1CC1. The van der Waals surface area contributed by atoms with Crippen LogP contribution in [0.15, 0.2) is 18.2 Å². The third kappa shape index (κ3) is 9.64. The first-order valence-electron chi connectivity index (χ1n) is 19.8. The Bertz CT molecular complexity index is 1790. The molecule has 6 rings (SSSR count). The van der Waals surface area contributed by atoms with Crippen LogP contribution in [0.1, 0.15) is 116 Å². The number of hydrogen-bond donors (Lipinski definition) is 2. The van der Waals surface area contributed by atoms with Gasteiger partial charge >= 0.3 is 12.1 Å². The number of ether oxygens (including phenoxy) is 3. The molecule has 2 N–H and O–H groups in total. The molecular formula is C40H58N4O10S. The number of rotatable bonds is 8. The maximum atomic E-state index is 14.6. The van der Waals surface area contributed by atoms with Crippen molar-refractivity contribution in [2.45, 2.75) is 147 Å². The van der Waals surface area contributed by atoms with E-state index in [2.05, 4.69) is 16.1 Å². The Kier molecular flexibility index (Phi) is 11.7. The molecular weight excluding hydrogens is 729 g/mol. The van der Waals surface area contributed by atoms with Gasteiger partial charge in [0.05, 0.1) is 42.9 Å². The average molecular weight is 787 g/mol. The number of nitrogens with zero attached hydrogens (tertiary/aromatic N) is 2. The second-order valence-electron chi connectivity index (χ2n) is 18.0. The van der Waals surface area contributed by atoms with Gasteiger partial charge in [0.1, 0.15) is 17.7 Å². The maximum absolute atomic E-state index is 14.6. The summed E-state index contributed by atoms with van der Waals surface area (Å²) in [5.41, 5.74) is 0.915. The van der Waals surface area contributed by atoms with Crippen LogP contribution >= 0.6 is 0 Å². The summed E-state index contributed by atoms with van der Waals surface area (Å²) in [6, 6.07) is 4.92. The standard InChI is InChI=1S/C40H58N4O10S/c1-7-28-19-40(28,36(48)42-55(50,51)30-14-15-30)41-34(46)32-18-29-21-44(32)35(47)27(23-53-38(2,3)4)17-33(45)52-24-39(5,6)16-9-8-11-25-12-10-13-26-20-43(22-31(25)26)37(49)54-29/h10,12-13,27-30,32H,7-9,11,14-24H2,1-6H3,(H,41,46)(H,42,48)/t27-,28+,29+,32-,40+/m0/s1. The molecule has 2 aliphatic carbocycles. The highest BCUT2D eigenvalue weighted by Crippen LogP contribution is 2.47. The van der Waals surface area contributed by atoms with Gasteiger partial charge in [0, 0.05) is 19.5 Å². The molecule has 0 aromatic heterocycles.